The van der Waals surface area contributed by atoms with E-state index >= 15 is 0 Å². The molecule has 0 aliphatic heterocycles. The quantitative estimate of drug-likeness (QED) is 0.175. The summed E-state index contributed by atoms with van der Waals surface area (Å²) >= 11 is 0. The fraction of sp³-hybridized carbons (Fsp3) is 0.0244. The number of rotatable bonds is 8. The summed E-state index contributed by atoms with van der Waals surface area (Å²) in [6.07, 6.45) is 0.675. The second-order valence-electron chi connectivity index (χ2n) is 11.6. The van der Waals surface area contributed by atoms with Crippen molar-refractivity contribution in [3.05, 3.63) is 202 Å². The lowest BCUT2D eigenvalue weighted by atomic mass is 10.0. The van der Waals surface area contributed by atoms with Crippen molar-refractivity contribution in [3.8, 4) is 45.5 Å². The average Bonchev–Trinajstić information content (AvgIpc) is 3.70. The first-order chi connectivity index (χ1) is 24.1. The van der Waals surface area contributed by atoms with Crippen molar-refractivity contribution in [2.75, 3.05) is 0 Å². The molecule has 8 nitrogen and oxygen atoms in total. The molecule has 0 N–H and O–H groups in total. The molecule has 2 aromatic heterocycles. The minimum Gasteiger partial charge on any atom is -0.245 e. The molecule has 0 bridgehead atoms. The van der Waals surface area contributed by atoms with Gasteiger partial charge in [-0.15, -0.1) is 10.2 Å². The van der Waals surface area contributed by atoms with Crippen LogP contribution in [0.1, 0.15) is 11.1 Å². The number of hydrogen-bond donors (Lipinski definition) is 0. The Morgan fingerprint density at radius 3 is 1.04 bits per heavy atom. The van der Waals surface area contributed by atoms with Crippen LogP contribution in [0.5, 0.6) is 0 Å². The van der Waals surface area contributed by atoms with Gasteiger partial charge in [0.25, 0.3) is 0 Å². The van der Waals surface area contributed by atoms with E-state index < -0.39 is 0 Å². The lowest BCUT2D eigenvalue weighted by molar-refractivity contribution is 0.830. The molecule has 0 spiro atoms. The van der Waals surface area contributed by atoms with Crippen LogP contribution in [0.2, 0.25) is 0 Å². The highest BCUT2D eigenvalue weighted by atomic mass is 16.2. The van der Waals surface area contributed by atoms with Crippen LogP contribution in [0.4, 0.5) is 0 Å². The first-order valence-corrected chi connectivity index (χ1v) is 16.0. The van der Waals surface area contributed by atoms with Crippen LogP contribution < -0.4 is 11.4 Å². The van der Waals surface area contributed by atoms with Crippen molar-refractivity contribution in [2.45, 2.75) is 6.42 Å². The largest absolute Gasteiger partial charge is 0.355 e. The molecule has 0 unspecified atom stereocenters. The standard InChI is InChI=1S/C41H30N6O2/c48-40-44(38(32-13-5-1-6-14-32)42-46(40)36-17-9-3-10-18-36)34-25-21-30(22-26-34)29-31-23-27-35(28-24-31)45-39(33-15-7-2-8-16-33)43-47(41(45)49)37-19-11-4-12-20-37/h1-28H,29H2. The van der Waals surface area contributed by atoms with Crippen molar-refractivity contribution in [1.82, 2.24) is 28.7 Å². The van der Waals surface area contributed by atoms with Crippen LogP contribution in [0.15, 0.2) is 179 Å². The van der Waals surface area contributed by atoms with Gasteiger partial charge in [0, 0.05) is 11.1 Å². The van der Waals surface area contributed by atoms with Crippen molar-refractivity contribution < 1.29 is 0 Å². The molecule has 0 aliphatic rings. The van der Waals surface area contributed by atoms with Crippen LogP contribution in [-0.4, -0.2) is 28.7 Å². The van der Waals surface area contributed by atoms with Crippen molar-refractivity contribution in [2.24, 2.45) is 0 Å². The number of benzene rings is 6. The van der Waals surface area contributed by atoms with E-state index in [1.165, 1.54) is 9.36 Å². The molecule has 2 heterocycles. The predicted octanol–water partition coefficient (Wildman–Crippen LogP) is 7.28. The summed E-state index contributed by atoms with van der Waals surface area (Å²) in [6, 6.07) is 54.3. The Labute approximate surface area is 282 Å². The number of nitrogens with zero attached hydrogens (tertiary/aromatic N) is 6. The van der Waals surface area contributed by atoms with Gasteiger partial charge in [0.15, 0.2) is 11.6 Å². The molecule has 0 saturated heterocycles. The first-order valence-electron chi connectivity index (χ1n) is 16.0. The van der Waals surface area contributed by atoms with E-state index in [1.807, 2.05) is 170 Å². The Balaban J connectivity index is 1.10. The maximum absolute atomic E-state index is 13.7. The SMILES string of the molecule is O=c1n(-c2ccccc2)nc(-c2ccccc2)n1-c1ccc(Cc2ccc(-n3c(-c4ccccc4)nn(-c4ccccc4)c3=O)cc2)cc1. The third kappa shape index (κ3) is 5.72. The van der Waals surface area contributed by atoms with Gasteiger partial charge in [-0.2, -0.15) is 9.36 Å². The minimum atomic E-state index is -0.242. The highest BCUT2D eigenvalue weighted by molar-refractivity contribution is 5.60. The molecule has 0 atom stereocenters. The second-order valence-corrected chi connectivity index (χ2v) is 11.6. The molecule has 49 heavy (non-hydrogen) atoms. The molecule has 0 radical (unpaired) electrons. The zero-order valence-electron chi connectivity index (χ0n) is 26.4. The van der Waals surface area contributed by atoms with Crippen LogP contribution in [0.3, 0.4) is 0 Å². The van der Waals surface area contributed by atoms with Gasteiger partial charge in [-0.3, -0.25) is 0 Å². The Kier molecular flexibility index (Phi) is 7.71. The fourth-order valence-electron chi connectivity index (χ4n) is 5.98. The maximum Gasteiger partial charge on any atom is 0.355 e. The normalized spacial score (nSPS) is 11.1. The zero-order valence-corrected chi connectivity index (χ0v) is 26.4. The van der Waals surface area contributed by atoms with E-state index in [9.17, 15) is 9.59 Å². The molecular formula is C41H30N6O2. The molecule has 8 rings (SSSR count). The van der Waals surface area contributed by atoms with Gasteiger partial charge in [0.2, 0.25) is 0 Å². The topological polar surface area (TPSA) is 79.6 Å². The van der Waals surface area contributed by atoms with Crippen LogP contribution in [0, 0.1) is 0 Å². The molecule has 0 amide bonds. The van der Waals surface area contributed by atoms with E-state index in [1.54, 1.807) is 9.13 Å². The Bertz CT molecular complexity index is 2290. The van der Waals surface area contributed by atoms with Crippen molar-refractivity contribution >= 4 is 0 Å². The van der Waals surface area contributed by atoms with Gasteiger partial charge < -0.3 is 0 Å². The van der Waals surface area contributed by atoms with E-state index in [2.05, 4.69) is 0 Å². The van der Waals surface area contributed by atoms with Crippen molar-refractivity contribution in [1.29, 1.82) is 0 Å². The number of hydrogen-bond acceptors (Lipinski definition) is 4. The maximum atomic E-state index is 13.7. The first kappa shape index (κ1) is 29.6. The third-order valence-electron chi connectivity index (χ3n) is 8.42. The molecule has 8 heteroatoms. The van der Waals surface area contributed by atoms with Crippen LogP contribution in [0.25, 0.3) is 45.5 Å². The van der Waals surface area contributed by atoms with Gasteiger partial charge in [-0.05, 0) is 66.1 Å². The monoisotopic (exact) mass is 638 g/mol. The Hall–Kier alpha value is -6.80. The van der Waals surface area contributed by atoms with Gasteiger partial charge >= 0.3 is 11.4 Å². The van der Waals surface area contributed by atoms with E-state index in [4.69, 9.17) is 10.2 Å². The number of para-hydroxylation sites is 2. The third-order valence-corrected chi connectivity index (χ3v) is 8.42. The molecule has 0 aliphatic carbocycles. The van der Waals surface area contributed by atoms with E-state index in [0.717, 1.165) is 33.6 Å². The van der Waals surface area contributed by atoms with E-state index in [0.29, 0.717) is 29.4 Å². The Morgan fingerprint density at radius 1 is 0.367 bits per heavy atom. The lowest BCUT2D eigenvalue weighted by Gasteiger charge is -2.09. The zero-order chi connectivity index (χ0) is 33.2. The van der Waals surface area contributed by atoms with Crippen LogP contribution in [-0.2, 0) is 6.42 Å². The van der Waals surface area contributed by atoms with Gasteiger partial charge in [0.1, 0.15) is 0 Å². The molecular weight excluding hydrogens is 608 g/mol. The Morgan fingerprint density at radius 2 is 0.694 bits per heavy atom. The highest BCUT2D eigenvalue weighted by Gasteiger charge is 2.19. The molecule has 0 saturated carbocycles. The van der Waals surface area contributed by atoms with E-state index in [-0.39, 0.29) is 11.4 Å². The summed E-state index contributed by atoms with van der Waals surface area (Å²) in [7, 11) is 0. The molecule has 236 valence electrons. The lowest BCUT2D eigenvalue weighted by Crippen LogP contribution is -2.23. The highest BCUT2D eigenvalue weighted by Crippen LogP contribution is 2.24. The smallest absolute Gasteiger partial charge is 0.245 e. The summed E-state index contributed by atoms with van der Waals surface area (Å²) in [4.78, 5) is 27.5. The summed E-state index contributed by atoms with van der Waals surface area (Å²) in [5.41, 5.74) is 6.25. The second kappa shape index (κ2) is 12.8. The molecule has 0 fully saturated rings. The minimum absolute atomic E-state index is 0.242. The van der Waals surface area contributed by atoms with Gasteiger partial charge in [-0.1, -0.05) is 121 Å². The summed E-state index contributed by atoms with van der Waals surface area (Å²) in [5, 5.41) is 9.47. The molecule has 6 aromatic carbocycles. The van der Waals surface area contributed by atoms with Gasteiger partial charge in [0.05, 0.1) is 22.7 Å². The van der Waals surface area contributed by atoms with Crippen molar-refractivity contribution in [3.63, 3.8) is 0 Å². The van der Waals surface area contributed by atoms with Crippen LogP contribution >= 0.6 is 0 Å². The summed E-state index contributed by atoms with van der Waals surface area (Å²) in [6.45, 7) is 0. The fourth-order valence-corrected chi connectivity index (χ4v) is 5.98. The summed E-state index contributed by atoms with van der Waals surface area (Å²) in [5.74, 6) is 1.14. The van der Waals surface area contributed by atoms with Gasteiger partial charge in [-0.25, -0.2) is 18.7 Å². The average molecular weight is 639 g/mol. The number of aromatic nitrogens is 6. The predicted molar refractivity (Wildman–Crippen MR) is 192 cm³/mol. The summed E-state index contributed by atoms with van der Waals surface area (Å²) < 4.78 is 6.18. The molecule has 8 aromatic rings.